The van der Waals surface area contributed by atoms with Gasteiger partial charge in [-0.15, -0.1) is 11.3 Å². The molecule has 4 rings (SSSR count). The summed E-state index contributed by atoms with van der Waals surface area (Å²) in [4.78, 5) is 19.5. The zero-order chi connectivity index (χ0) is 22.1. The number of hydrogen-bond acceptors (Lipinski definition) is 6. The summed E-state index contributed by atoms with van der Waals surface area (Å²) in [7, 11) is 0. The summed E-state index contributed by atoms with van der Waals surface area (Å²) in [6, 6.07) is 15.0. The van der Waals surface area contributed by atoms with Crippen LogP contribution in [-0.2, 0) is 4.74 Å². The van der Waals surface area contributed by atoms with Crippen LogP contribution in [-0.4, -0.2) is 35.0 Å². The molecular formula is C24H23N3O3S. The monoisotopic (exact) mass is 433 g/mol. The second-order valence-electron chi connectivity index (χ2n) is 7.32. The maximum absolute atomic E-state index is 12.1. The topological polar surface area (TPSA) is 86.5 Å². The third-order valence-corrected chi connectivity index (χ3v) is 6.10. The van der Waals surface area contributed by atoms with E-state index in [1.807, 2.05) is 38.1 Å². The molecule has 31 heavy (non-hydrogen) atoms. The molecule has 0 bridgehead atoms. The Morgan fingerprint density at radius 3 is 2.68 bits per heavy atom. The van der Waals surface area contributed by atoms with Gasteiger partial charge in [0.1, 0.15) is 16.6 Å². The van der Waals surface area contributed by atoms with Crippen LogP contribution in [0.1, 0.15) is 32.7 Å². The van der Waals surface area contributed by atoms with Gasteiger partial charge in [0, 0.05) is 16.1 Å². The minimum absolute atomic E-state index is 0.0933. The number of benzene rings is 2. The number of ether oxygens (including phenoxy) is 1. The molecule has 7 heteroatoms. The quantitative estimate of drug-likeness (QED) is 0.528. The molecule has 0 aliphatic carbocycles. The van der Waals surface area contributed by atoms with Gasteiger partial charge in [0.05, 0.1) is 30.0 Å². The number of aliphatic hydroxyl groups is 1. The predicted molar refractivity (Wildman–Crippen MR) is 124 cm³/mol. The fraction of sp³-hybridized carbons (Fsp3) is 0.208. The number of anilines is 1. The highest BCUT2D eigenvalue weighted by Gasteiger charge is 2.32. The van der Waals surface area contributed by atoms with Crippen LogP contribution < -0.4 is 4.90 Å². The first kappa shape index (κ1) is 20.8. The van der Waals surface area contributed by atoms with Gasteiger partial charge >= 0.3 is 5.97 Å². The summed E-state index contributed by atoms with van der Waals surface area (Å²) in [5, 5.41) is 20.0. The first-order valence-corrected chi connectivity index (χ1v) is 10.8. The lowest BCUT2D eigenvalue weighted by Gasteiger charge is -2.19. The Balaban J connectivity index is 1.64. The fourth-order valence-electron chi connectivity index (χ4n) is 3.52. The van der Waals surface area contributed by atoms with Gasteiger partial charge in [-0.05, 0) is 39.0 Å². The van der Waals surface area contributed by atoms with Gasteiger partial charge in [-0.25, -0.2) is 9.78 Å². The molecule has 0 unspecified atom stereocenters. The van der Waals surface area contributed by atoms with E-state index in [2.05, 4.69) is 0 Å². The minimum atomic E-state index is -0.411. The van der Waals surface area contributed by atoms with E-state index in [9.17, 15) is 9.90 Å². The molecule has 0 atom stereocenters. The molecule has 1 aliphatic heterocycles. The number of rotatable bonds is 5. The second kappa shape index (κ2) is 8.35. The summed E-state index contributed by atoms with van der Waals surface area (Å²) < 4.78 is 5.07. The Kier molecular flexibility index (Phi) is 5.61. The van der Waals surface area contributed by atoms with Gasteiger partial charge in [0.2, 0.25) is 0 Å². The molecule has 1 aliphatic rings. The number of aryl methyl sites for hydroxylation is 2. The standard InChI is InChI=1S/C24H23N3O3S/c1-4-30-24(29)17-6-5-7-18(12-17)27-13-19(28)20(22(27)25)23-26-21(15(3)31-23)16-10-8-14(2)9-11-16/h5-12,25,28H,4,13H2,1-3H3. The van der Waals surface area contributed by atoms with Crippen LogP contribution >= 0.6 is 11.3 Å². The van der Waals surface area contributed by atoms with Crippen molar-refractivity contribution in [1.29, 1.82) is 5.41 Å². The number of thiazole rings is 1. The molecule has 0 saturated carbocycles. The molecular weight excluding hydrogens is 410 g/mol. The lowest BCUT2D eigenvalue weighted by Crippen LogP contribution is -2.26. The normalized spacial score (nSPS) is 13.8. The molecule has 0 spiro atoms. The van der Waals surface area contributed by atoms with Crippen molar-refractivity contribution in [3.63, 3.8) is 0 Å². The summed E-state index contributed by atoms with van der Waals surface area (Å²) in [6.07, 6.45) is 0. The van der Waals surface area contributed by atoms with E-state index in [0.29, 0.717) is 28.4 Å². The summed E-state index contributed by atoms with van der Waals surface area (Å²) in [5.74, 6) is -0.163. The minimum Gasteiger partial charge on any atom is -0.510 e. The maximum atomic E-state index is 12.1. The van der Waals surface area contributed by atoms with Crippen LogP contribution in [0.5, 0.6) is 0 Å². The molecule has 3 aromatic rings. The lowest BCUT2D eigenvalue weighted by molar-refractivity contribution is 0.0526. The number of nitrogens with zero attached hydrogens (tertiary/aromatic N) is 2. The van der Waals surface area contributed by atoms with Gasteiger partial charge in [0.15, 0.2) is 0 Å². The molecule has 2 heterocycles. The van der Waals surface area contributed by atoms with Gasteiger partial charge in [0.25, 0.3) is 0 Å². The van der Waals surface area contributed by atoms with Crippen LogP contribution in [0.3, 0.4) is 0 Å². The molecule has 1 aromatic heterocycles. The van der Waals surface area contributed by atoms with Crippen molar-refractivity contribution >= 4 is 34.4 Å². The highest BCUT2D eigenvalue weighted by Crippen LogP contribution is 2.37. The lowest BCUT2D eigenvalue weighted by atomic mass is 10.1. The van der Waals surface area contributed by atoms with Crippen LogP contribution in [0.4, 0.5) is 5.69 Å². The van der Waals surface area contributed by atoms with Crippen molar-refractivity contribution in [3.8, 4) is 11.3 Å². The predicted octanol–water partition coefficient (Wildman–Crippen LogP) is 5.37. The van der Waals surface area contributed by atoms with E-state index in [4.69, 9.17) is 15.1 Å². The van der Waals surface area contributed by atoms with Gasteiger partial charge in [-0.1, -0.05) is 35.9 Å². The van der Waals surface area contributed by atoms with Crippen molar-refractivity contribution in [2.24, 2.45) is 0 Å². The Labute approximate surface area is 185 Å². The number of nitrogens with one attached hydrogen (secondary N) is 1. The molecule has 2 N–H and O–H groups in total. The van der Waals surface area contributed by atoms with Gasteiger partial charge < -0.3 is 14.7 Å². The highest BCUT2D eigenvalue weighted by atomic mass is 32.1. The number of carbonyl (C=O) groups excluding carboxylic acids is 1. The van der Waals surface area contributed by atoms with Crippen LogP contribution in [0.15, 0.2) is 54.3 Å². The zero-order valence-corrected chi connectivity index (χ0v) is 18.4. The Morgan fingerprint density at radius 2 is 1.97 bits per heavy atom. The second-order valence-corrected chi connectivity index (χ2v) is 8.52. The van der Waals surface area contributed by atoms with E-state index in [-0.39, 0.29) is 18.1 Å². The van der Waals surface area contributed by atoms with Crippen LogP contribution in [0.2, 0.25) is 0 Å². The number of esters is 1. The largest absolute Gasteiger partial charge is 0.510 e. The number of hydrogen-bond donors (Lipinski definition) is 2. The Hall–Kier alpha value is -3.45. The average molecular weight is 434 g/mol. The molecule has 2 aromatic carbocycles. The van der Waals surface area contributed by atoms with Crippen molar-refractivity contribution < 1.29 is 14.6 Å². The smallest absolute Gasteiger partial charge is 0.338 e. The third-order valence-electron chi connectivity index (χ3n) is 5.11. The van der Waals surface area contributed by atoms with Crippen molar-refractivity contribution in [3.05, 3.63) is 75.3 Å². The number of aliphatic hydroxyl groups excluding tert-OH is 1. The Morgan fingerprint density at radius 1 is 1.23 bits per heavy atom. The summed E-state index contributed by atoms with van der Waals surface area (Å²) in [5.41, 5.74) is 4.52. The summed E-state index contributed by atoms with van der Waals surface area (Å²) >= 11 is 1.46. The SMILES string of the molecule is CCOC(=O)c1cccc(N2CC(O)=C(c3nc(-c4ccc(C)cc4)c(C)s3)C2=N)c1. The highest BCUT2D eigenvalue weighted by molar-refractivity contribution is 7.13. The summed E-state index contributed by atoms with van der Waals surface area (Å²) in [6.45, 7) is 6.23. The first-order chi connectivity index (χ1) is 14.9. The van der Waals surface area contributed by atoms with Gasteiger partial charge in [-0.3, -0.25) is 5.41 Å². The van der Waals surface area contributed by atoms with Crippen molar-refractivity contribution in [1.82, 2.24) is 4.98 Å². The third kappa shape index (κ3) is 3.96. The molecule has 0 radical (unpaired) electrons. The maximum Gasteiger partial charge on any atom is 0.338 e. The number of amidine groups is 1. The van der Waals surface area contributed by atoms with E-state index >= 15 is 0 Å². The van der Waals surface area contributed by atoms with Crippen LogP contribution in [0, 0.1) is 19.3 Å². The molecule has 0 fully saturated rings. The van der Waals surface area contributed by atoms with E-state index in [0.717, 1.165) is 16.1 Å². The molecule has 6 nitrogen and oxygen atoms in total. The molecule has 158 valence electrons. The number of aromatic nitrogens is 1. The van der Waals surface area contributed by atoms with Gasteiger partial charge in [-0.2, -0.15) is 0 Å². The van der Waals surface area contributed by atoms with E-state index in [1.54, 1.807) is 36.1 Å². The van der Waals surface area contributed by atoms with Crippen molar-refractivity contribution in [2.75, 3.05) is 18.1 Å². The van der Waals surface area contributed by atoms with Crippen LogP contribution in [0.25, 0.3) is 16.8 Å². The number of carbonyl (C=O) groups is 1. The van der Waals surface area contributed by atoms with E-state index < -0.39 is 5.97 Å². The zero-order valence-electron chi connectivity index (χ0n) is 17.6. The fourth-order valence-corrected chi connectivity index (χ4v) is 4.53. The Bertz CT molecular complexity index is 1200. The van der Waals surface area contributed by atoms with E-state index in [1.165, 1.54) is 16.9 Å². The molecule has 0 saturated heterocycles. The first-order valence-electron chi connectivity index (χ1n) is 9.99. The average Bonchev–Trinajstić information content (AvgIpc) is 3.27. The van der Waals surface area contributed by atoms with Crippen molar-refractivity contribution in [2.45, 2.75) is 20.8 Å². The molecule has 0 amide bonds.